The fourth-order valence-corrected chi connectivity index (χ4v) is 2.28. The molecule has 1 rings (SSSR count). The van der Waals surface area contributed by atoms with Crippen LogP contribution < -0.4 is 10.1 Å². The highest BCUT2D eigenvalue weighted by Crippen LogP contribution is 2.22. The van der Waals surface area contributed by atoms with Crippen LogP contribution in [0.3, 0.4) is 0 Å². The standard InChI is InChI=1S/C19H31NO4/c1-5-7-8-13-19(3,22-4)18(21)20-16-9-11-17(12-10-16)24-15-14-23-6-2/h9-12H,5-8,13-15H2,1-4H3,(H,20,21). The van der Waals surface area contributed by atoms with Gasteiger partial charge >= 0.3 is 0 Å². The Bertz CT molecular complexity index is 475. The van der Waals surface area contributed by atoms with Gasteiger partial charge in [0.25, 0.3) is 5.91 Å². The molecule has 0 radical (unpaired) electrons. The second kappa shape index (κ2) is 11.0. The van der Waals surface area contributed by atoms with Gasteiger partial charge in [0.1, 0.15) is 18.0 Å². The molecular formula is C19H31NO4. The molecule has 1 amide bonds. The molecule has 5 heteroatoms. The maximum atomic E-state index is 12.5. The summed E-state index contributed by atoms with van der Waals surface area (Å²) in [5.74, 6) is 0.635. The Labute approximate surface area is 145 Å². The molecule has 0 fully saturated rings. The van der Waals surface area contributed by atoms with Crippen LogP contribution in [0.25, 0.3) is 0 Å². The van der Waals surface area contributed by atoms with E-state index in [-0.39, 0.29) is 5.91 Å². The van der Waals surface area contributed by atoms with Crippen LogP contribution in [-0.2, 0) is 14.3 Å². The highest BCUT2D eigenvalue weighted by molar-refractivity contribution is 5.97. The number of hydrogen-bond acceptors (Lipinski definition) is 4. The molecule has 0 aromatic heterocycles. The monoisotopic (exact) mass is 337 g/mol. The number of carbonyl (C=O) groups excluding carboxylic acids is 1. The number of rotatable bonds is 12. The first-order valence-electron chi connectivity index (χ1n) is 8.73. The Kier molecular flexibility index (Phi) is 9.42. The average Bonchev–Trinajstić information content (AvgIpc) is 2.60. The summed E-state index contributed by atoms with van der Waals surface area (Å²) in [6.45, 7) is 7.70. The minimum Gasteiger partial charge on any atom is -0.491 e. The van der Waals surface area contributed by atoms with Crippen molar-refractivity contribution >= 4 is 11.6 Å². The topological polar surface area (TPSA) is 56.8 Å². The van der Waals surface area contributed by atoms with E-state index in [0.29, 0.717) is 26.2 Å². The third-order valence-electron chi connectivity index (χ3n) is 4.00. The van der Waals surface area contributed by atoms with E-state index < -0.39 is 5.60 Å². The van der Waals surface area contributed by atoms with Crippen LogP contribution >= 0.6 is 0 Å². The molecule has 0 heterocycles. The summed E-state index contributed by atoms with van der Waals surface area (Å²) in [5.41, 5.74) is -0.0714. The smallest absolute Gasteiger partial charge is 0.256 e. The van der Waals surface area contributed by atoms with E-state index in [4.69, 9.17) is 14.2 Å². The zero-order chi connectivity index (χ0) is 17.8. The number of unbranched alkanes of at least 4 members (excludes halogenated alkanes) is 2. The molecule has 136 valence electrons. The summed E-state index contributed by atoms with van der Waals surface area (Å²) in [6, 6.07) is 7.33. The number of anilines is 1. The quantitative estimate of drug-likeness (QED) is 0.585. The number of nitrogens with one attached hydrogen (secondary N) is 1. The van der Waals surface area contributed by atoms with Crippen molar-refractivity contribution in [3.05, 3.63) is 24.3 Å². The van der Waals surface area contributed by atoms with Crippen molar-refractivity contribution in [1.82, 2.24) is 0 Å². The normalized spacial score (nSPS) is 13.3. The molecule has 1 aromatic rings. The maximum Gasteiger partial charge on any atom is 0.256 e. The van der Waals surface area contributed by atoms with E-state index in [1.807, 2.05) is 38.1 Å². The lowest BCUT2D eigenvalue weighted by Gasteiger charge is -2.27. The van der Waals surface area contributed by atoms with Gasteiger partial charge in [-0.25, -0.2) is 0 Å². The van der Waals surface area contributed by atoms with Crippen LogP contribution in [0.4, 0.5) is 5.69 Å². The molecule has 1 N–H and O–H groups in total. The first-order valence-corrected chi connectivity index (χ1v) is 8.73. The van der Waals surface area contributed by atoms with Crippen LogP contribution in [-0.4, -0.2) is 38.4 Å². The van der Waals surface area contributed by atoms with E-state index in [0.717, 1.165) is 30.7 Å². The fraction of sp³-hybridized carbons (Fsp3) is 0.632. The molecule has 0 saturated carbocycles. The molecule has 1 unspecified atom stereocenters. The van der Waals surface area contributed by atoms with Gasteiger partial charge in [0.05, 0.1) is 6.61 Å². The van der Waals surface area contributed by atoms with Crippen molar-refractivity contribution in [2.75, 3.05) is 32.2 Å². The molecule has 24 heavy (non-hydrogen) atoms. The third kappa shape index (κ3) is 6.89. The lowest BCUT2D eigenvalue weighted by atomic mass is 9.97. The Hall–Kier alpha value is -1.59. The lowest BCUT2D eigenvalue weighted by Crippen LogP contribution is -2.41. The highest BCUT2D eigenvalue weighted by Gasteiger charge is 2.32. The largest absolute Gasteiger partial charge is 0.491 e. The van der Waals surface area contributed by atoms with Gasteiger partial charge in [-0.1, -0.05) is 26.2 Å². The molecule has 5 nitrogen and oxygen atoms in total. The number of amides is 1. The van der Waals surface area contributed by atoms with Crippen molar-refractivity contribution in [3.63, 3.8) is 0 Å². The van der Waals surface area contributed by atoms with Gasteiger partial charge in [-0.05, 0) is 44.5 Å². The van der Waals surface area contributed by atoms with Gasteiger partial charge in [-0.15, -0.1) is 0 Å². The van der Waals surface area contributed by atoms with E-state index in [1.54, 1.807) is 7.11 Å². The summed E-state index contributed by atoms with van der Waals surface area (Å²) in [4.78, 5) is 12.5. The number of hydrogen-bond donors (Lipinski definition) is 1. The zero-order valence-electron chi connectivity index (χ0n) is 15.4. The summed E-state index contributed by atoms with van der Waals surface area (Å²) in [6.07, 6.45) is 3.90. The predicted octanol–water partition coefficient (Wildman–Crippen LogP) is 4.03. The van der Waals surface area contributed by atoms with E-state index in [1.165, 1.54) is 0 Å². The molecule has 0 saturated heterocycles. The highest BCUT2D eigenvalue weighted by atomic mass is 16.5. The summed E-state index contributed by atoms with van der Waals surface area (Å²) in [5, 5.41) is 2.92. The second-order valence-corrected chi connectivity index (χ2v) is 5.92. The summed E-state index contributed by atoms with van der Waals surface area (Å²) in [7, 11) is 1.58. The van der Waals surface area contributed by atoms with Crippen LogP contribution in [0.15, 0.2) is 24.3 Å². The van der Waals surface area contributed by atoms with Gasteiger partial charge in [-0.3, -0.25) is 4.79 Å². The molecule has 1 atom stereocenters. The average molecular weight is 337 g/mol. The van der Waals surface area contributed by atoms with Gasteiger partial charge < -0.3 is 19.5 Å². The van der Waals surface area contributed by atoms with Gasteiger partial charge in [-0.2, -0.15) is 0 Å². The minimum atomic E-state index is -0.804. The number of ether oxygens (including phenoxy) is 3. The van der Waals surface area contributed by atoms with Crippen molar-refractivity contribution in [2.24, 2.45) is 0 Å². The summed E-state index contributed by atoms with van der Waals surface area (Å²) >= 11 is 0. The molecule has 0 aliphatic heterocycles. The predicted molar refractivity (Wildman–Crippen MR) is 96.6 cm³/mol. The number of benzene rings is 1. The first kappa shape index (κ1) is 20.5. The summed E-state index contributed by atoms with van der Waals surface area (Å²) < 4.78 is 16.3. The van der Waals surface area contributed by atoms with Crippen molar-refractivity contribution in [1.29, 1.82) is 0 Å². The second-order valence-electron chi connectivity index (χ2n) is 5.92. The SMILES string of the molecule is CCCCCC(C)(OC)C(=O)Nc1ccc(OCCOCC)cc1. The van der Waals surface area contributed by atoms with Crippen molar-refractivity contribution in [2.45, 2.75) is 52.1 Å². The Balaban J connectivity index is 2.53. The van der Waals surface area contributed by atoms with E-state index >= 15 is 0 Å². The molecular weight excluding hydrogens is 306 g/mol. The molecule has 0 aliphatic carbocycles. The molecule has 0 aliphatic rings. The van der Waals surface area contributed by atoms with Crippen LogP contribution in [0.1, 0.15) is 46.5 Å². The Morgan fingerprint density at radius 1 is 1.12 bits per heavy atom. The van der Waals surface area contributed by atoms with Crippen LogP contribution in [0.5, 0.6) is 5.75 Å². The molecule has 1 aromatic carbocycles. The molecule has 0 spiro atoms. The maximum absolute atomic E-state index is 12.5. The zero-order valence-corrected chi connectivity index (χ0v) is 15.4. The van der Waals surface area contributed by atoms with Crippen LogP contribution in [0.2, 0.25) is 0 Å². The number of methoxy groups -OCH3 is 1. The van der Waals surface area contributed by atoms with Crippen LogP contribution in [0, 0.1) is 0 Å². The van der Waals surface area contributed by atoms with E-state index in [9.17, 15) is 4.79 Å². The minimum absolute atomic E-state index is 0.119. The Morgan fingerprint density at radius 2 is 1.83 bits per heavy atom. The van der Waals surface area contributed by atoms with Gasteiger partial charge in [0.15, 0.2) is 0 Å². The Morgan fingerprint density at radius 3 is 2.42 bits per heavy atom. The lowest BCUT2D eigenvalue weighted by molar-refractivity contribution is -0.136. The van der Waals surface area contributed by atoms with Gasteiger partial charge in [0.2, 0.25) is 0 Å². The molecule has 0 bridgehead atoms. The van der Waals surface area contributed by atoms with Crippen molar-refractivity contribution < 1.29 is 19.0 Å². The van der Waals surface area contributed by atoms with E-state index in [2.05, 4.69) is 12.2 Å². The van der Waals surface area contributed by atoms with Crippen molar-refractivity contribution in [3.8, 4) is 5.75 Å². The fourth-order valence-electron chi connectivity index (χ4n) is 2.28. The third-order valence-corrected chi connectivity index (χ3v) is 4.00. The first-order chi connectivity index (χ1) is 11.6. The number of carbonyl (C=O) groups is 1. The van der Waals surface area contributed by atoms with Gasteiger partial charge in [0, 0.05) is 19.4 Å².